The molecule has 0 spiro atoms. The summed E-state index contributed by atoms with van der Waals surface area (Å²) in [5.41, 5.74) is 0.661. The maximum absolute atomic E-state index is 13.2. The van der Waals surface area contributed by atoms with E-state index in [0.29, 0.717) is 22.6 Å². The van der Waals surface area contributed by atoms with Crippen molar-refractivity contribution >= 4 is 32.7 Å². The van der Waals surface area contributed by atoms with Crippen LogP contribution in [0, 0.1) is 0 Å². The van der Waals surface area contributed by atoms with Crippen LogP contribution < -0.4 is 10.3 Å². The minimum Gasteiger partial charge on any atom is -0.287 e. The molecule has 32 heavy (non-hydrogen) atoms. The number of aromatic nitrogens is 2. The SMILES string of the molecule is CCCCn1c(S[C@@H]2CCCC[C@@H]2NS(=O)(=O)c2ccccc2)nc2ccccc2c1=O. The summed E-state index contributed by atoms with van der Waals surface area (Å²) in [6.07, 6.45) is 5.54. The zero-order valence-electron chi connectivity index (χ0n) is 18.2. The zero-order valence-corrected chi connectivity index (χ0v) is 19.9. The fraction of sp³-hybridized carbons (Fsp3) is 0.417. The van der Waals surface area contributed by atoms with Crippen molar-refractivity contribution in [2.45, 2.75) is 73.3 Å². The molecule has 0 saturated heterocycles. The van der Waals surface area contributed by atoms with E-state index in [2.05, 4.69) is 11.6 Å². The number of rotatable bonds is 8. The van der Waals surface area contributed by atoms with Gasteiger partial charge in [-0.25, -0.2) is 18.1 Å². The molecule has 8 heteroatoms. The van der Waals surface area contributed by atoms with Gasteiger partial charge in [-0.05, 0) is 43.5 Å². The normalized spacial score (nSPS) is 19.3. The van der Waals surface area contributed by atoms with Crippen LogP contribution in [0.4, 0.5) is 0 Å². The number of sulfonamides is 1. The smallest absolute Gasteiger partial charge is 0.262 e. The van der Waals surface area contributed by atoms with E-state index in [4.69, 9.17) is 4.98 Å². The summed E-state index contributed by atoms with van der Waals surface area (Å²) in [7, 11) is -3.60. The Morgan fingerprint density at radius 2 is 1.78 bits per heavy atom. The van der Waals surface area contributed by atoms with Crippen LogP contribution in [0.1, 0.15) is 45.4 Å². The maximum atomic E-state index is 13.2. The van der Waals surface area contributed by atoms with Gasteiger partial charge in [0.1, 0.15) is 0 Å². The second-order valence-corrected chi connectivity index (χ2v) is 11.1. The molecule has 1 aliphatic carbocycles. The lowest BCUT2D eigenvalue weighted by Gasteiger charge is -2.31. The highest BCUT2D eigenvalue weighted by Crippen LogP contribution is 2.34. The highest BCUT2D eigenvalue weighted by molar-refractivity contribution is 7.99. The second kappa shape index (κ2) is 10.2. The maximum Gasteiger partial charge on any atom is 0.262 e. The van der Waals surface area contributed by atoms with Crippen LogP contribution in [0.2, 0.25) is 0 Å². The molecule has 4 rings (SSSR count). The van der Waals surface area contributed by atoms with E-state index in [1.165, 1.54) is 11.8 Å². The first-order valence-electron chi connectivity index (χ1n) is 11.2. The lowest BCUT2D eigenvalue weighted by molar-refractivity contribution is 0.421. The molecule has 1 aliphatic rings. The topological polar surface area (TPSA) is 81.1 Å². The first-order valence-corrected chi connectivity index (χ1v) is 13.6. The van der Waals surface area contributed by atoms with Crippen LogP contribution >= 0.6 is 11.8 Å². The number of unbranched alkanes of at least 4 members (excludes halogenated alkanes) is 1. The van der Waals surface area contributed by atoms with E-state index in [1.807, 2.05) is 24.3 Å². The molecule has 0 bridgehead atoms. The van der Waals surface area contributed by atoms with Crippen LogP contribution in [0.25, 0.3) is 10.9 Å². The minimum atomic E-state index is -3.60. The van der Waals surface area contributed by atoms with Crippen LogP contribution in [0.15, 0.2) is 69.4 Å². The first kappa shape index (κ1) is 23.0. The van der Waals surface area contributed by atoms with Crippen LogP contribution in [0.3, 0.4) is 0 Å². The molecule has 1 fully saturated rings. The van der Waals surface area contributed by atoms with Crippen molar-refractivity contribution in [1.29, 1.82) is 0 Å². The molecule has 2 aromatic carbocycles. The second-order valence-electron chi connectivity index (χ2n) is 8.20. The average Bonchev–Trinajstić information content (AvgIpc) is 2.81. The van der Waals surface area contributed by atoms with E-state index in [9.17, 15) is 13.2 Å². The number of nitrogens with zero attached hydrogens (tertiary/aromatic N) is 2. The Hall–Kier alpha value is -2.16. The standard InChI is InChI=1S/C24H29N3O3S2/c1-2-3-17-27-23(28)19-13-7-8-14-20(19)25-24(27)31-22-16-10-9-15-21(22)26-32(29,30)18-11-5-4-6-12-18/h4-8,11-14,21-22,26H,2-3,9-10,15-17H2,1H3/t21-,22+/m0/s1. The molecule has 0 amide bonds. The van der Waals surface area contributed by atoms with Crippen molar-refractivity contribution in [3.63, 3.8) is 0 Å². The van der Waals surface area contributed by atoms with Crippen LogP contribution in [-0.2, 0) is 16.6 Å². The van der Waals surface area contributed by atoms with E-state index in [0.717, 1.165) is 38.5 Å². The van der Waals surface area contributed by atoms with Crippen LogP contribution in [0.5, 0.6) is 0 Å². The van der Waals surface area contributed by atoms with Gasteiger partial charge < -0.3 is 0 Å². The Balaban J connectivity index is 1.64. The van der Waals surface area contributed by atoms with Crippen LogP contribution in [-0.4, -0.2) is 29.3 Å². The number of fused-ring (bicyclic) bond motifs is 1. The quantitative estimate of drug-likeness (QED) is 0.487. The molecule has 3 aromatic rings. The number of para-hydroxylation sites is 1. The summed E-state index contributed by atoms with van der Waals surface area (Å²) in [5, 5.41) is 1.32. The third-order valence-electron chi connectivity index (χ3n) is 5.88. The Kier molecular flexibility index (Phi) is 7.33. The number of hydrogen-bond donors (Lipinski definition) is 1. The predicted molar refractivity (Wildman–Crippen MR) is 130 cm³/mol. The minimum absolute atomic E-state index is 0.0168. The Morgan fingerprint density at radius 3 is 2.56 bits per heavy atom. The molecular weight excluding hydrogens is 442 g/mol. The van der Waals surface area contributed by atoms with E-state index in [-0.39, 0.29) is 21.7 Å². The largest absolute Gasteiger partial charge is 0.287 e. The van der Waals surface area contributed by atoms with E-state index < -0.39 is 10.0 Å². The lowest BCUT2D eigenvalue weighted by atomic mass is 9.96. The monoisotopic (exact) mass is 471 g/mol. The Morgan fingerprint density at radius 1 is 1.06 bits per heavy atom. The molecule has 6 nitrogen and oxygen atoms in total. The summed E-state index contributed by atoms with van der Waals surface area (Å²) < 4.78 is 30.6. The summed E-state index contributed by atoms with van der Waals surface area (Å²) in [4.78, 5) is 18.3. The van der Waals surface area contributed by atoms with Gasteiger partial charge in [-0.15, -0.1) is 0 Å². The summed E-state index contributed by atoms with van der Waals surface area (Å²) in [5.74, 6) is 0. The van der Waals surface area contributed by atoms with Gasteiger partial charge in [-0.1, -0.05) is 68.3 Å². The predicted octanol–water partition coefficient (Wildman–Crippen LogP) is 4.58. The van der Waals surface area contributed by atoms with E-state index >= 15 is 0 Å². The van der Waals surface area contributed by atoms with Gasteiger partial charge in [-0.2, -0.15) is 0 Å². The molecule has 1 N–H and O–H groups in total. The van der Waals surface area contributed by atoms with Gasteiger partial charge in [0.05, 0.1) is 15.8 Å². The van der Waals surface area contributed by atoms with Crippen molar-refractivity contribution in [2.75, 3.05) is 0 Å². The summed E-state index contributed by atoms with van der Waals surface area (Å²) in [6.45, 7) is 2.71. The van der Waals surface area contributed by atoms with E-state index in [1.54, 1.807) is 34.9 Å². The number of nitrogens with one attached hydrogen (secondary N) is 1. The molecule has 2 atom stereocenters. The number of thioether (sulfide) groups is 1. The molecule has 0 unspecified atom stereocenters. The summed E-state index contributed by atoms with van der Waals surface area (Å²) >= 11 is 1.54. The van der Waals surface area contributed by atoms with Gasteiger partial charge in [0.25, 0.3) is 5.56 Å². The fourth-order valence-electron chi connectivity index (χ4n) is 4.13. The molecule has 1 saturated carbocycles. The van der Waals surface area contributed by atoms with Gasteiger partial charge in [0.2, 0.25) is 10.0 Å². The van der Waals surface area contributed by atoms with Crippen molar-refractivity contribution in [3.05, 3.63) is 65.0 Å². The molecule has 0 radical (unpaired) electrons. The van der Waals surface area contributed by atoms with Gasteiger partial charge >= 0.3 is 0 Å². The molecule has 1 aromatic heterocycles. The average molecular weight is 472 g/mol. The van der Waals surface area contributed by atoms with Crippen molar-refractivity contribution in [2.24, 2.45) is 0 Å². The molecular formula is C24H29N3O3S2. The highest BCUT2D eigenvalue weighted by atomic mass is 32.2. The van der Waals surface area contributed by atoms with Gasteiger partial charge in [-0.3, -0.25) is 9.36 Å². The first-order chi connectivity index (χ1) is 15.5. The van der Waals surface area contributed by atoms with Crippen molar-refractivity contribution in [3.8, 4) is 0 Å². The third-order valence-corrected chi connectivity index (χ3v) is 8.78. The van der Waals surface area contributed by atoms with Crippen molar-refractivity contribution in [1.82, 2.24) is 14.3 Å². The molecule has 0 aliphatic heterocycles. The fourth-order valence-corrected chi connectivity index (χ4v) is 6.92. The zero-order chi connectivity index (χ0) is 22.6. The number of hydrogen-bond acceptors (Lipinski definition) is 5. The van der Waals surface area contributed by atoms with Crippen molar-refractivity contribution < 1.29 is 8.42 Å². The third kappa shape index (κ3) is 5.08. The van der Waals surface area contributed by atoms with Gasteiger partial charge in [0.15, 0.2) is 5.16 Å². The molecule has 170 valence electrons. The lowest BCUT2D eigenvalue weighted by Crippen LogP contribution is -2.44. The highest BCUT2D eigenvalue weighted by Gasteiger charge is 2.31. The summed E-state index contributed by atoms with van der Waals surface area (Å²) in [6, 6.07) is 15.7. The molecule has 1 heterocycles. The Labute approximate surface area is 193 Å². The Bertz CT molecular complexity index is 1230. The van der Waals surface area contributed by atoms with Gasteiger partial charge in [0, 0.05) is 17.8 Å². The number of benzene rings is 2.